The molecule has 1 aliphatic carbocycles. The summed E-state index contributed by atoms with van der Waals surface area (Å²) in [5.41, 5.74) is 2.78. The number of hydrogen-bond donors (Lipinski definition) is 2. The quantitative estimate of drug-likeness (QED) is 0.491. The second-order valence-electron chi connectivity index (χ2n) is 7.89. The van der Waals surface area contributed by atoms with Crippen molar-refractivity contribution >= 4 is 22.9 Å². The number of nitrogens with zero attached hydrogens (tertiary/aromatic N) is 1. The number of para-hydroxylation sites is 1. The van der Waals surface area contributed by atoms with Crippen molar-refractivity contribution in [2.45, 2.75) is 24.7 Å². The SMILES string of the molecule is O=C1C[C@H](c2ccco2)CC2=C1[C@@H](c1cccs1)c1c([nH]n(-c3ccccc3)c1=O)N2. The highest BCUT2D eigenvalue weighted by atomic mass is 32.1. The zero-order valence-electron chi connectivity index (χ0n) is 16.5. The Balaban J connectivity index is 1.52. The Bertz CT molecular complexity index is 1340. The molecule has 31 heavy (non-hydrogen) atoms. The summed E-state index contributed by atoms with van der Waals surface area (Å²) in [7, 11) is 0. The third-order valence-electron chi connectivity index (χ3n) is 6.08. The number of anilines is 1. The first-order valence-corrected chi connectivity index (χ1v) is 11.1. The van der Waals surface area contributed by atoms with Crippen LogP contribution in [0.1, 0.15) is 40.9 Å². The van der Waals surface area contributed by atoms with E-state index in [0.717, 1.165) is 22.0 Å². The summed E-state index contributed by atoms with van der Waals surface area (Å²) in [6.45, 7) is 0. The molecule has 0 unspecified atom stereocenters. The minimum Gasteiger partial charge on any atom is -0.469 e. The highest BCUT2D eigenvalue weighted by Crippen LogP contribution is 2.47. The lowest BCUT2D eigenvalue weighted by atomic mass is 9.75. The molecule has 4 aromatic rings. The molecule has 0 fully saturated rings. The molecule has 0 bridgehead atoms. The van der Waals surface area contributed by atoms with Crippen molar-refractivity contribution in [1.82, 2.24) is 9.78 Å². The van der Waals surface area contributed by atoms with Crippen molar-refractivity contribution in [1.29, 1.82) is 0 Å². The predicted octanol–water partition coefficient (Wildman–Crippen LogP) is 4.78. The molecular weight excluding hydrogens is 410 g/mol. The summed E-state index contributed by atoms with van der Waals surface area (Å²) in [4.78, 5) is 27.9. The maximum absolute atomic E-state index is 13.5. The number of furan rings is 1. The van der Waals surface area contributed by atoms with E-state index < -0.39 is 0 Å². The zero-order chi connectivity index (χ0) is 20.9. The second kappa shape index (κ2) is 6.99. The Labute approximate surface area is 181 Å². The fraction of sp³-hybridized carbons (Fsp3) is 0.167. The van der Waals surface area contributed by atoms with Crippen LogP contribution in [0.2, 0.25) is 0 Å². The summed E-state index contributed by atoms with van der Waals surface area (Å²) in [6, 6.07) is 17.2. The lowest BCUT2D eigenvalue weighted by molar-refractivity contribution is -0.116. The van der Waals surface area contributed by atoms with Gasteiger partial charge in [-0.25, -0.2) is 4.68 Å². The molecule has 154 valence electrons. The van der Waals surface area contributed by atoms with Gasteiger partial charge in [-0.1, -0.05) is 24.3 Å². The van der Waals surface area contributed by atoms with Gasteiger partial charge >= 0.3 is 0 Å². The minimum absolute atomic E-state index is 0.0118. The number of allylic oxidation sites excluding steroid dienone is 2. The summed E-state index contributed by atoms with van der Waals surface area (Å²) in [5, 5.41) is 8.61. The van der Waals surface area contributed by atoms with Gasteiger partial charge in [0.2, 0.25) is 0 Å². The van der Waals surface area contributed by atoms with E-state index >= 15 is 0 Å². The number of rotatable bonds is 3. The number of nitrogens with one attached hydrogen (secondary N) is 2. The summed E-state index contributed by atoms with van der Waals surface area (Å²) >= 11 is 1.57. The van der Waals surface area contributed by atoms with E-state index in [1.54, 1.807) is 22.3 Å². The Morgan fingerprint density at radius 3 is 2.61 bits per heavy atom. The highest BCUT2D eigenvalue weighted by molar-refractivity contribution is 7.10. The molecule has 0 radical (unpaired) electrons. The third-order valence-corrected chi connectivity index (χ3v) is 7.01. The molecule has 6 rings (SSSR count). The van der Waals surface area contributed by atoms with Crippen LogP contribution in [-0.2, 0) is 4.79 Å². The highest BCUT2D eigenvalue weighted by Gasteiger charge is 2.42. The van der Waals surface area contributed by atoms with E-state index in [9.17, 15) is 9.59 Å². The van der Waals surface area contributed by atoms with Gasteiger partial charge in [0.25, 0.3) is 5.56 Å². The molecule has 6 nitrogen and oxygen atoms in total. The second-order valence-corrected chi connectivity index (χ2v) is 8.87. The topological polar surface area (TPSA) is 80.0 Å². The standard InChI is InChI=1S/C24H19N3O3S/c28-17-13-14(18-8-4-10-30-18)12-16-20(17)21(19-9-5-11-31-19)22-23(25-16)26-27(24(22)29)15-6-2-1-3-7-15/h1-11,14,21,25-26H,12-13H2/t14-,21-/m1/s1. The van der Waals surface area contributed by atoms with Crippen LogP contribution in [0.15, 0.2) is 86.7 Å². The maximum Gasteiger partial charge on any atom is 0.277 e. The van der Waals surface area contributed by atoms with E-state index in [1.807, 2.05) is 60.0 Å². The van der Waals surface area contributed by atoms with Crippen LogP contribution >= 0.6 is 11.3 Å². The van der Waals surface area contributed by atoms with Gasteiger partial charge in [-0.15, -0.1) is 11.3 Å². The Kier molecular flexibility index (Phi) is 4.11. The molecule has 0 spiro atoms. The van der Waals surface area contributed by atoms with Crippen LogP contribution in [0.4, 0.5) is 5.82 Å². The number of ketones is 1. The first-order valence-electron chi connectivity index (χ1n) is 10.2. The van der Waals surface area contributed by atoms with E-state index in [0.29, 0.717) is 29.8 Å². The van der Waals surface area contributed by atoms with Crippen LogP contribution in [0.25, 0.3) is 5.69 Å². The third kappa shape index (κ3) is 2.84. The monoisotopic (exact) mass is 429 g/mol. The van der Waals surface area contributed by atoms with Gasteiger partial charge in [-0.2, -0.15) is 0 Å². The molecule has 1 aliphatic heterocycles. The van der Waals surface area contributed by atoms with Gasteiger partial charge in [0, 0.05) is 28.5 Å². The molecule has 7 heteroatoms. The number of aromatic amines is 1. The molecule has 2 aliphatic rings. The van der Waals surface area contributed by atoms with Crippen LogP contribution in [0.3, 0.4) is 0 Å². The summed E-state index contributed by atoms with van der Waals surface area (Å²) in [6.07, 6.45) is 2.68. The number of carbonyl (C=O) groups is 1. The molecule has 4 heterocycles. The number of carbonyl (C=O) groups excluding carboxylic acids is 1. The lowest BCUT2D eigenvalue weighted by Crippen LogP contribution is -2.31. The molecular formula is C24H19N3O3S. The zero-order valence-corrected chi connectivity index (χ0v) is 17.3. The average molecular weight is 430 g/mol. The van der Waals surface area contributed by atoms with Crippen molar-refractivity contribution in [3.8, 4) is 5.69 Å². The fourth-order valence-electron chi connectivity index (χ4n) is 4.72. The van der Waals surface area contributed by atoms with Gasteiger partial charge in [0.1, 0.15) is 11.6 Å². The molecule has 0 saturated heterocycles. The minimum atomic E-state index is -0.370. The number of hydrogen-bond acceptors (Lipinski definition) is 5. The number of thiophene rings is 1. The van der Waals surface area contributed by atoms with Gasteiger partial charge in [0.15, 0.2) is 5.78 Å². The largest absolute Gasteiger partial charge is 0.469 e. The smallest absolute Gasteiger partial charge is 0.277 e. The fourth-order valence-corrected chi connectivity index (χ4v) is 5.56. The van der Waals surface area contributed by atoms with Crippen molar-refractivity contribution in [2.24, 2.45) is 0 Å². The van der Waals surface area contributed by atoms with Crippen LogP contribution in [0, 0.1) is 0 Å². The van der Waals surface area contributed by atoms with Crippen molar-refractivity contribution in [3.05, 3.63) is 104 Å². The van der Waals surface area contributed by atoms with Crippen molar-refractivity contribution < 1.29 is 9.21 Å². The predicted molar refractivity (Wildman–Crippen MR) is 119 cm³/mol. The van der Waals surface area contributed by atoms with E-state index in [2.05, 4.69) is 10.4 Å². The number of benzene rings is 1. The van der Waals surface area contributed by atoms with E-state index in [1.165, 1.54) is 0 Å². The molecule has 0 amide bonds. The van der Waals surface area contributed by atoms with Gasteiger partial charge in [-0.3, -0.25) is 14.7 Å². The van der Waals surface area contributed by atoms with Gasteiger partial charge in [0.05, 0.1) is 23.4 Å². The molecule has 1 aromatic carbocycles. The first-order chi connectivity index (χ1) is 15.2. The van der Waals surface area contributed by atoms with Crippen LogP contribution in [-0.4, -0.2) is 15.6 Å². The van der Waals surface area contributed by atoms with E-state index in [-0.39, 0.29) is 23.2 Å². The molecule has 0 saturated carbocycles. The Hall–Kier alpha value is -3.58. The number of aromatic nitrogens is 2. The normalized spacial score (nSPS) is 20.3. The van der Waals surface area contributed by atoms with Crippen molar-refractivity contribution in [2.75, 3.05) is 5.32 Å². The average Bonchev–Trinajstić information content (AvgIpc) is 3.55. The van der Waals surface area contributed by atoms with E-state index in [4.69, 9.17) is 4.42 Å². The lowest BCUT2D eigenvalue weighted by Gasteiger charge is -2.33. The van der Waals surface area contributed by atoms with Crippen LogP contribution < -0.4 is 10.9 Å². The number of H-pyrrole nitrogens is 1. The number of Topliss-reactive ketones (excluding diaryl/α,β-unsaturated/α-hetero) is 1. The van der Waals surface area contributed by atoms with Gasteiger partial charge in [-0.05, 0) is 42.1 Å². The first kappa shape index (κ1) is 18.2. The Morgan fingerprint density at radius 1 is 1.00 bits per heavy atom. The van der Waals surface area contributed by atoms with Crippen LogP contribution in [0.5, 0.6) is 0 Å². The summed E-state index contributed by atoms with van der Waals surface area (Å²) < 4.78 is 7.14. The van der Waals surface area contributed by atoms with Crippen molar-refractivity contribution in [3.63, 3.8) is 0 Å². The summed E-state index contributed by atoms with van der Waals surface area (Å²) in [5.74, 6) is 1.15. The van der Waals surface area contributed by atoms with Gasteiger partial charge < -0.3 is 9.73 Å². The Morgan fingerprint density at radius 2 is 1.87 bits per heavy atom. The molecule has 3 aromatic heterocycles. The maximum atomic E-state index is 13.5. The molecule has 2 N–H and O–H groups in total. The molecule has 2 atom stereocenters. The number of fused-ring (bicyclic) bond motifs is 1.